The Morgan fingerprint density at radius 1 is 1.50 bits per heavy atom. The van der Waals surface area contributed by atoms with Gasteiger partial charge in [0.25, 0.3) is 0 Å². The highest BCUT2D eigenvalue weighted by Crippen LogP contribution is 2.37. The fourth-order valence-corrected chi connectivity index (χ4v) is 2.47. The first-order valence-corrected chi connectivity index (χ1v) is 5.99. The van der Waals surface area contributed by atoms with Gasteiger partial charge in [-0.05, 0) is 40.4 Å². The van der Waals surface area contributed by atoms with Crippen molar-refractivity contribution in [3.8, 4) is 0 Å². The summed E-state index contributed by atoms with van der Waals surface area (Å²) < 4.78 is 2.29. The lowest BCUT2D eigenvalue weighted by molar-refractivity contribution is 0.0416. The van der Waals surface area contributed by atoms with Crippen molar-refractivity contribution in [1.82, 2.24) is 19.8 Å². The van der Waals surface area contributed by atoms with Crippen LogP contribution in [-0.4, -0.2) is 41.1 Å². The van der Waals surface area contributed by atoms with Crippen molar-refractivity contribution in [2.75, 3.05) is 21.1 Å². The van der Waals surface area contributed by atoms with Crippen molar-refractivity contribution in [2.24, 2.45) is 0 Å². The van der Waals surface area contributed by atoms with E-state index in [-0.39, 0.29) is 0 Å². The van der Waals surface area contributed by atoms with Gasteiger partial charge in [0, 0.05) is 24.8 Å². The first-order chi connectivity index (χ1) is 7.68. The minimum absolute atomic E-state index is 0.364. The molecule has 16 heavy (non-hydrogen) atoms. The lowest BCUT2D eigenvalue weighted by Gasteiger charge is -2.47. The van der Waals surface area contributed by atoms with E-state index in [4.69, 9.17) is 0 Å². The van der Waals surface area contributed by atoms with Gasteiger partial charge in [-0.15, -0.1) is 0 Å². The highest BCUT2D eigenvalue weighted by Gasteiger charge is 2.39. The largest absolute Gasteiger partial charge is 0.332 e. The monoisotopic (exact) mass is 222 g/mol. The fourth-order valence-electron chi connectivity index (χ4n) is 2.47. The molecule has 1 aromatic heterocycles. The first kappa shape index (κ1) is 11.6. The number of aromatic nitrogens is 2. The van der Waals surface area contributed by atoms with Gasteiger partial charge in [-0.25, -0.2) is 4.98 Å². The molecule has 1 fully saturated rings. The van der Waals surface area contributed by atoms with E-state index < -0.39 is 0 Å². The maximum Gasteiger partial charge on any atom is 0.0949 e. The minimum Gasteiger partial charge on any atom is -0.332 e. The number of rotatable bonds is 5. The van der Waals surface area contributed by atoms with Crippen LogP contribution in [0.2, 0.25) is 0 Å². The Bertz CT molecular complexity index is 339. The van der Waals surface area contributed by atoms with Crippen LogP contribution < -0.4 is 5.32 Å². The molecular formula is C12H22N4. The van der Waals surface area contributed by atoms with Gasteiger partial charge >= 0.3 is 0 Å². The average molecular weight is 222 g/mol. The molecule has 0 saturated heterocycles. The molecule has 1 aliphatic carbocycles. The molecule has 0 radical (unpaired) electrons. The summed E-state index contributed by atoms with van der Waals surface area (Å²) in [6.45, 7) is 1.96. The van der Waals surface area contributed by atoms with Crippen LogP contribution in [-0.2, 0) is 13.1 Å². The van der Waals surface area contributed by atoms with Crippen LogP contribution in [0, 0.1) is 0 Å². The average Bonchev–Trinajstić information content (AvgIpc) is 2.59. The molecule has 0 aromatic carbocycles. The molecule has 4 nitrogen and oxygen atoms in total. The van der Waals surface area contributed by atoms with E-state index in [9.17, 15) is 0 Å². The summed E-state index contributed by atoms with van der Waals surface area (Å²) >= 11 is 0. The second kappa shape index (κ2) is 4.55. The maximum atomic E-state index is 4.25. The summed E-state index contributed by atoms with van der Waals surface area (Å²) in [5.74, 6) is 0. The van der Waals surface area contributed by atoms with Crippen molar-refractivity contribution < 1.29 is 0 Å². The van der Waals surface area contributed by atoms with Gasteiger partial charge in [0.2, 0.25) is 0 Å². The van der Waals surface area contributed by atoms with Crippen LogP contribution in [0.1, 0.15) is 25.0 Å². The summed E-state index contributed by atoms with van der Waals surface area (Å²) in [6, 6.07) is 0. The zero-order valence-corrected chi connectivity index (χ0v) is 10.5. The number of hydrogen-bond donors (Lipinski definition) is 1. The van der Waals surface area contributed by atoms with Gasteiger partial charge in [0.05, 0.1) is 12.0 Å². The summed E-state index contributed by atoms with van der Waals surface area (Å²) in [6.07, 6.45) is 7.87. The van der Waals surface area contributed by atoms with Crippen LogP contribution in [0.25, 0.3) is 0 Å². The van der Waals surface area contributed by atoms with E-state index in [1.165, 1.54) is 25.0 Å². The number of imidazole rings is 1. The van der Waals surface area contributed by atoms with Crippen LogP contribution in [0.5, 0.6) is 0 Å². The Morgan fingerprint density at radius 2 is 2.25 bits per heavy atom. The molecule has 2 rings (SSSR count). The third kappa shape index (κ3) is 1.99. The second-order valence-corrected chi connectivity index (χ2v) is 5.02. The number of hydrogen-bond acceptors (Lipinski definition) is 3. The Balaban J connectivity index is 2.10. The molecule has 1 aromatic rings. The Labute approximate surface area is 97.7 Å². The van der Waals surface area contributed by atoms with Crippen molar-refractivity contribution in [1.29, 1.82) is 0 Å². The van der Waals surface area contributed by atoms with Crippen LogP contribution in [0.3, 0.4) is 0 Å². The van der Waals surface area contributed by atoms with Crippen LogP contribution >= 0.6 is 0 Å². The van der Waals surface area contributed by atoms with Crippen molar-refractivity contribution in [3.05, 3.63) is 18.2 Å². The quantitative estimate of drug-likeness (QED) is 0.809. The normalized spacial score (nSPS) is 18.8. The number of nitrogens with zero attached hydrogens (tertiary/aromatic N) is 3. The molecule has 0 bridgehead atoms. The summed E-state index contributed by atoms with van der Waals surface area (Å²) in [5.41, 5.74) is 1.64. The predicted molar refractivity (Wildman–Crippen MR) is 65.3 cm³/mol. The molecule has 1 aliphatic rings. The lowest BCUT2D eigenvalue weighted by Crippen LogP contribution is -2.53. The van der Waals surface area contributed by atoms with Gasteiger partial charge in [-0.3, -0.25) is 0 Å². The van der Waals surface area contributed by atoms with Crippen molar-refractivity contribution in [2.45, 2.75) is 37.9 Å². The smallest absolute Gasteiger partial charge is 0.0949 e. The topological polar surface area (TPSA) is 33.1 Å². The Kier molecular flexibility index (Phi) is 3.30. The zero-order chi connectivity index (χ0) is 11.6. The van der Waals surface area contributed by atoms with Gasteiger partial charge in [-0.1, -0.05) is 0 Å². The molecule has 0 amide bonds. The Morgan fingerprint density at radius 3 is 2.75 bits per heavy atom. The van der Waals surface area contributed by atoms with E-state index in [2.05, 4.69) is 33.9 Å². The van der Waals surface area contributed by atoms with Crippen molar-refractivity contribution in [3.63, 3.8) is 0 Å². The minimum atomic E-state index is 0.364. The first-order valence-electron chi connectivity index (χ1n) is 5.99. The van der Waals surface area contributed by atoms with Gasteiger partial charge in [0.15, 0.2) is 0 Å². The second-order valence-electron chi connectivity index (χ2n) is 5.02. The molecule has 1 saturated carbocycles. The molecule has 1 N–H and O–H groups in total. The van der Waals surface area contributed by atoms with E-state index in [0.717, 1.165) is 13.1 Å². The van der Waals surface area contributed by atoms with E-state index >= 15 is 0 Å². The molecule has 4 heteroatoms. The highest BCUT2D eigenvalue weighted by atomic mass is 15.2. The molecule has 0 aliphatic heterocycles. The molecule has 0 unspecified atom stereocenters. The van der Waals surface area contributed by atoms with Gasteiger partial charge < -0.3 is 14.8 Å². The van der Waals surface area contributed by atoms with E-state index in [0.29, 0.717) is 5.54 Å². The third-order valence-corrected chi connectivity index (χ3v) is 3.85. The zero-order valence-electron chi connectivity index (χ0n) is 10.5. The van der Waals surface area contributed by atoms with Gasteiger partial charge in [0.1, 0.15) is 0 Å². The molecule has 90 valence electrons. The molecular weight excluding hydrogens is 200 g/mol. The molecule has 0 atom stereocenters. The number of likely N-dealkylation sites (N-methyl/N-ethyl adjacent to an activating group) is 1. The highest BCUT2D eigenvalue weighted by molar-refractivity contribution is 5.03. The van der Waals surface area contributed by atoms with Crippen LogP contribution in [0.4, 0.5) is 0 Å². The summed E-state index contributed by atoms with van der Waals surface area (Å²) in [5, 5.41) is 3.19. The molecule has 1 heterocycles. The standard InChI is InChI=1S/C12H22N4/c1-13-7-11-8-14-10-16(11)9-12(15(2)3)5-4-6-12/h8,10,13H,4-7,9H2,1-3H3. The predicted octanol–water partition coefficient (Wildman–Crippen LogP) is 1.09. The van der Waals surface area contributed by atoms with Gasteiger partial charge in [-0.2, -0.15) is 0 Å². The molecule has 0 spiro atoms. The van der Waals surface area contributed by atoms with Crippen LogP contribution in [0.15, 0.2) is 12.5 Å². The summed E-state index contributed by atoms with van der Waals surface area (Å²) in [7, 11) is 6.35. The third-order valence-electron chi connectivity index (χ3n) is 3.85. The summed E-state index contributed by atoms with van der Waals surface area (Å²) in [4.78, 5) is 6.62. The number of nitrogens with one attached hydrogen (secondary N) is 1. The SMILES string of the molecule is CNCc1cncn1CC1(N(C)C)CCC1. The lowest BCUT2D eigenvalue weighted by atomic mass is 9.75. The maximum absolute atomic E-state index is 4.25. The Hall–Kier alpha value is -0.870. The fraction of sp³-hybridized carbons (Fsp3) is 0.750. The van der Waals surface area contributed by atoms with E-state index in [1.807, 2.05) is 19.6 Å². The van der Waals surface area contributed by atoms with Crippen molar-refractivity contribution >= 4 is 0 Å². The van der Waals surface area contributed by atoms with E-state index in [1.54, 1.807) is 0 Å².